The number of halogens is 2. The Kier molecular flexibility index (Phi) is 6.17. The van der Waals surface area contributed by atoms with Gasteiger partial charge >= 0.3 is 0 Å². The second kappa shape index (κ2) is 9.02. The third-order valence-corrected chi connectivity index (χ3v) is 5.58. The number of ether oxygens (including phenoxy) is 1. The van der Waals surface area contributed by atoms with Crippen LogP contribution in [0.25, 0.3) is 5.76 Å². The highest BCUT2D eigenvalue weighted by Crippen LogP contribution is 2.43. The first-order valence-electron chi connectivity index (χ1n) is 9.81. The lowest BCUT2D eigenvalue weighted by Gasteiger charge is -2.25. The van der Waals surface area contributed by atoms with Crippen LogP contribution < -0.4 is 9.64 Å². The molecule has 1 aliphatic rings. The van der Waals surface area contributed by atoms with E-state index in [-0.39, 0.29) is 11.3 Å². The number of aliphatic hydroxyl groups is 1. The summed E-state index contributed by atoms with van der Waals surface area (Å²) in [4.78, 5) is 31.7. The number of anilines is 1. The largest absolute Gasteiger partial charge is 0.507 e. The van der Waals surface area contributed by atoms with Crippen molar-refractivity contribution in [2.75, 3.05) is 11.5 Å². The van der Waals surface area contributed by atoms with E-state index in [2.05, 4.69) is 4.98 Å². The SMILES string of the molecule is CCOc1cc(/C(O)=C2\C(=O)C(=O)N(c3cccc(Cl)c3)C2c2cccnc2)ccc1Cl. The summed E-state index contributed by atoms with van der Waals surface area (Å²) in [6.07, 6.45) is 3.14. The fraction of sp³-hybridized carbons (Fsp3) is 0.125. The molecular formula is C24H18Cl2N2O4. The molecule has 32 heavy (non-hydrogen) atoms. The van der Waals surface area contributed by atoms with E-state index in [1.807, 2.05) is 6.92 Å². The van der Waals surface area contributed by atoms with Gasteiger partial charge in [-0.05, 0) is 55.0 Å². The second-order valence-corrected chi connectivity index (χ2v) is 7.86. The minimum Gasteiger partial charge on any atom is -0.507 e. The molecule has 0 spiro atoms. The molecule has 1 fully saturated rings. The van der Waals surface area contributed by atoms with Crippen LogP contribution in [0, 0.1) is 0 Å². The summed E-state index contributed by atoms with van der Waals surface area (Å²) in [6, 6.07) is 13.8. The van der Waals surface area contributed by atoms with Gasteiger partial charge in [0.15, 0.2) is 0 Å². The second-order valence-electron chi connectivity index (χ2n) is 7.01. The van der Waals surface area contributed by atoms with E-state index >= 15 is 0 Å². The maximum absolute atomic E-state index is 13.1. The molecule has 8 heteroatoms. The summed E-state index contributed by atoms with van der Waals surface area (Å²) in [5, 5.41) is 12.0. The van der Waals surface area contributed by atoms with Gasteiger partial charge in [-0.15, -0.1) is 0 Å². The highest BCUT2D eigenvalue weighted by Gasteiger charge is 2.47. The van der Waals surface area contributed by atoms with Crippen LogP contribution in [0.3, 0.4) is 0 Å². The van der Waals surface area contributed by atoms with E-state index in [1.165, 1.54) is 11.0 Å². The minimum absolute atomic E-state index is 0.0623. The molecule has 2 aromatic carbocycles. The third kappa shape index (κ3) is 3.95. The molecule has 6 nitrogen and oxygen atoms in total. The molecule has 162 valence electrons. The van der Waals surface area contributed by atoms with Gasteiger partial charge in [-0.25, -0.2) is 0 Å². The summed E-state index contributed by atoms with van der Waals surface area (Å²) in [5.41, 5.74) is 1.23. The Hall–Kier alpha value is -3.35. The maximum atomic E-state index is 13.1. The molecule has 1 atom stereocenters. The number of hydrogen-bond donors (Lipinski definition) is 1. The Morgan fingerprint density at radius 3 is 2.62 bits per heavy atom. The molecule has 0 radical (unpaired) electrons. The van der Waals surface area contributed by atoms with Crippen LogP contribution in [0.4, 0.5) is 5.69 Å². The monoisotopic (exact) mass is 468 g/mol. The van der Waals surface area contributed by atoms with Gasteiger partial charge in [0, 0.05) is 28.7 Å². The standard InChI is InChI=1S/C24H18Cl2N2O4/c1-2-32-19-11-14(8-9-18(19)26)22(29)20-21(15-5-4-10-27-13-15)28(24(31)23(20)30)17-7-3-6-16(25)12-17/h3-13,21,29H,2H2,1H3/b22-20+. The van der Waals surface area contributed by atoms with Crippen molar-refractivity contribution in [1.82, 2.24) is 4.98 Å². The average Bonchev–Trinajstić information content (AvgIpc) is 3.06. The predicted molar refractivity (Wildman–Crippen MR) is 123 cm³/mol. The van der Waals surface area contributed by atoms with Crippen LogP contribution in [-0.2, 0) is 9.59 Å². The zero-order chi connectivity index (χ0) is 22.8. The highest BCUT2D eigenvalue weighted by molar-refractivity contribution is 6.51. The molecule has 0 bridgehead atoms. The Morgan fingerprint density at radius 1 is 1.12 bits per heavy atom. The Labute approximate surface area is 194 Å². The number of carbonyl (C=O) groups is 2. The molecule has 1 N–H and O–H groups in total. The first-order chi connectivity index (χ1) is 15.4. The predicted octanol–water partition coefficient (Wildman–Crippen LogP) is 5.41. The molecule has 1 saturated heterocycles. The lowest BCUT2D eigenvalue weighted by molar-refractivity contribution is -0.132. The van der Waals surface area contributed by atoms with Crippen molar-refractivity contribution in [2.45, 2.75) is 13.0 Å². The fourth-order valence-corrected chi connectivity index (χ4v) is 4.01. The summed E-state index contributed by atoms with van der Waals surface area (Å²) >= 11 is 12.3. The van der Waals surface area contributed by atoms with Gasteiger partial charge in [-0.3, -0.25) is 19.5 Å². The number of nitrogens with zero attached hydrogens (tertiary/aromatic N) is 2. The molecule has 0 aliphatic carbocycles. The van der Waals surface area contributed by atoms with E-state index in [1.54, 1.807) is 60.9 Å². The zero-order valence-electron chi connectivity index (χ0n) is 17.0. The van der Waals surface area contributed by atoms with Crippen LogP contribution in [-0.4, -0.2) is 28.4 Å². The smallest absolute Gasteiger partial charge is 0.300 e. The first kappa shape index (κ1) is 21.9. The number of pyridine rings is 1. The fourth-order valence-electron chi connectivity index (χ4n) is 3.65. The van der Waals surface area contributed by atoms with Crippen molar-refractivity contribution in [3.05, 3.63) is 93.7 Å². The molecule has 3 aromatic rings. The van der Waals surface area contributed by atoms with Crippen molar-refractivity contribution in [3.8, 4) is 5.75 Å². The van der Waals surface area contributed by atoms with E-state index in [9.17, 15) is 14.7 Å². The summed E-state index contributed by atoms with van der Waals surface area (Å²) in [5.74, 6) is -1.56. The number of rotatable bonds is 5. The van der Waals surface area contributed by atoms with Gasteiger partial charge in [0.25, 0.3) is 11.7 Å². The van der Waals surface area contributed by atoms with Crippen molar-refractivity contribution in [2.24, 2.45) is 0 Å². The number of Topliss-reactive ketones (excluding diaryl/α,β-unsaturated/α-hetero) is 1. The van der Waals surface area contributed by atoms with Crippen molar-refractivity contribution in [3.63, 3.8) is 0 Å². The molecule has 1 aliphatic heterocycles. The lowest BCUT2D eigenvalue weighted by atomic mass is 9.96. The average molecular weight is 469 g/mol. The molecule has 1 unspecified atom stereocenters. The number of benzene rings is 2. The van der Waals surface area contributed by atoms with Crippen molar-refractivity contribution < 1.29 is 19.4 Å². The summed E-state index contributed by atoms with van der Waals surface area (Å²) in [7, 11) is 0. The Balaban J connectivity index is 1.93. The lowest BCUT2D eigenvalue weighted by Crippen LogP contribution is -2.29. The molecular weight excluding hydrogens is 451 g/mol. The molecule has 0 saturated carbocycles. The van der Waals surface area contributed by atoms with E-state index in [0.717, 1.165) is 0 Å². The first-order valence-corrected chi connectivity index (χ1v) is 10.6. The van der Waals surface area contributed by atoms with Crippen LogP contribution in [0.2, 0.25) is 10.0 Å². The number of hydrogen-bond acceptors (Lipinski definition) is 5. The highest BCUT2D eigenvalue weighted by atomic mass is 35.5. The number of amides is 1. The molecule has 4 rings (SSSR count). The number of aliphatic hydroxyl groups excluding tert-OH is 1. The van der Waals surface area contributed by atoms with Crippen LogP contribution in [0.1, 0.15) is 24.1 Å². The van der Waals surface area contributed by atoms with Gasteiger partial charge in [-0.2, -0.15) is 0 Å². The van der Waals surface area contributed by atoms with Gasteiger partial charge in [-0.1, -0.05) is 35.3 Å². The molecule has 2 heterocycles. The summed E-state index contributed by atoms with van der Waals surface area (Å²) < 4.78 is 5.50. The third-order valence-electron chi connectivity index (χ3n) is 5.04. The molecule has 1 aromatic heterocycles. The van der Waals surface area contributed by atoms with Gasteiger partial charge in [0.1, 0.15) is 11.5 Å². The quantitative estimate of drug-likeness (QED) is 0.307. The number of ketones is 1. The van der Waals surface area contributed by atoms with Crippen molar-refractivity contribution >= 4 is 46.3 Å². The van der Waals surface area contributed by atoms with Gasteiger partial charge < -0.3 is 9.84 Å². The molecule has 1 amide bonds. The van der Waals surface area contributed by atoms with Crippen LogP contribution in [0.15, 0.2) is 72.6 Å². The van der Waals surface area contributed by atoms with Gasteiger partial charge in [0.05, 0.1) is 23.2 Å². The van der Waals surface area contributed by atoms with E-state index in [4.69, 9.17) is 27.9 Å². The van der Waals surface area contributed by atoms with Crippen molar-refractivity contribution in [1.29, 1.82) is 0 Å². The van der Waals surface area contributed by atoms with Crippen LogP contribution >= 0.6 is 23.2 Å². The number of aromatic nitrogens is 1. The Bertz CT molecular complexity index is 1230. The van der Waals surface area contributed by atoms with Gasteiger partial charge in [0.2, 0.25) is 0 Å². The zero-order valence-corrected chi connectivity index (χ0v) is 18.5. The summed E-state index contributed by atoms with van der Waals surface area (Å²) in [6.45, 7) is 2.18. The topological polar surface area (TPSA) is 79.7 Å². The van der Waals surface area contributed by atoms with E-state index < -0.39 is 17.7 Å². The normalized spacial score (nSPS) is 17.6. The number of carbonyl (C=O) groups excluding carboxylic acids is 2. The van der Waals surface area contributed by atoms with E-state index in [0.29, 0.717) is 39.2 Å². The minimum atomic E-state index is -0.895. The Morgan fingerprint density at radius 2 is 1.94 bits per heavy atom. The maximum Gasteiger partial charge on any atom is 0.300 e. The van der Waals surface area contributed by atoms with Crippen LogP contribution in [0.5, 0.6) is 5.75 Å².